The number of pyridine rings is 1. The van der Waals surface area contributed by atoms with E-state index in [1.165, 1.54) is 6.92 Å². The number of hydrogen-bond donors (Lipinski definition) is 3. The highest BCUT2D eigenvalue weighted by molar-refractivity contribution is 5.93. The molecule has 1 aromatic carbocycles. The maximum Gasteiger partial charge on any atom is 0.225 e. The quantitative estimate of drug-likeness (QED) is 0.684. The number of nitrogens with one attached hydrogen (secondary N) is 3. The molecule has 3 N–H and O–H groups in total. The Morgan fingerprint density at radius 2 is 1.74 bits per heavy atom. The summed E-state index contributed by atoms with van der Waals surface area (Å²) in [4.78, 5) is 26.9. The standard InChI is InChI=1S/C17H20N4O2/c1-13(22)20-15-3-2-4-16(11-15)21-17(23)7-10-19-12-14-5-8-18-9-6-14/h2-6,8-9,11,19H,7,10,12H2,1H3,(H,20,22)(H,21,23). The van der Waals surface area contributed by atoms with Crippen molar-refractivity contribution in [2.45, 2.75) is 19.9 Å². The van der Waals surface area contributed by atoms with E-state index in [1.807, 2.05) is 12.1 Å². The molecule has 0 saturated heterocycles. The lowest BCUT2D eigenvalue weighted by Crippen LogP contribution is -2.21. The summed E-state index contributed by atoms with van der Waals surface area (Å²) in [5.74, 6) is -0.221. The lowest BCUT2D eigenvalue weighted by atomic mass is 10.2. The van der Waals surface area contributed by atoms with Crippen molar-refractivity contribution in [1.82, 2.24) is 10.3 Å². The fraction of sp³-hybridized carbons (Fsp3) is 0.235. The van der Waals surface area contributed by atoms with Crippen molar-refractivity contribution in [1.29, 1.82) is 0 Å². The third kappa shape index (κ3) is 6.27. The molecule has 2 rings (SSSR count). The molecule has 1 aromatic heterocycles. The summed E-state index contributed by atoms with van der Waals surface area (Å²) < 4.78 is 0. The maximum atomic E-state index is 11.9. The number of nitrogens with zero attached hydrogens (tertiary/aromatic N) is 1. The highest BCUT2D eigenvalue weighted by atomic mass is 16.2. The molecule has 1 heterocycles. The highest BCUT2D eigenvalue weighted by Crippen LogP contribution is 2.15. The smallest absolute Gasteiger partial charge is 0.225 e. The van der Waals surface area contributed by atoms with Gasteiger partial charge in [0, 0.05) is 50.2 Å². The van der Waals surface area contributed by atoms with Gasteiger partial charge in [-0.15, -0.1) is 0 Å². The van der Waals surface area contributed by atoms with Crippen LogP contribution < -0.4 is 16.0 Å². The molecule has 0 radical (unpaired) electrons. The topological polar surface area (TPSA) is 83.1 Å². The molecule has 0 aliphatic carbocycles. The van der Waals surface area contributed by atoms with Crippen molar-refractivity contribution >= 4 is 23.2 Å². The Kier molecular flexibility index (Phi) is 6.26. The minimum absolute atomic E-state index is 0.0767. The molecule has 0 spiro atoms. The molecule has 120 valence electrons. The summed E-state index contributed by atoms with van der Waals surface area (Å²) in [6.45, 7) is 2.73. The number of carbonyl (C=O) groups excluding carboxylic acids is 2. The third-order valence-electron chi connectivity index (χ3n) is 3.07. The molecule has 6 heteroatoms. The number of rotatable bonds is 7. The van der Waals surface area contributed by atoms with Gasteiger partial charge in [-0.2, -0.15) is 0 Å². The first-order valence-corrected chi connectivity index (χ1v) is 7.40. The number of benzene rings is 1. The Bertz CT molecular complexity index is 659. The van der Waals surface area contributed by atoms with Crippen LogP contribution in [0.4, 0.5) is 11.4 Å². The van der Waals surface area contributed by atoms with Crippen molar-refractivity contribution in [3.63, 3.8) is 0 Å². The van der Waals surface area contributed by atoms with Crippen molar-refractivity contribution in [3.05, 3.63) is 54.4 Å². The van der Waals surface area contributed by atoms with Gasteiger partial charge in [0.05, 0.1) is 0 Å². The van der Waals surface area contributed by atoms with Gasteiger partial charge in [-0.25, -0.2) is 0 Å². The van der Waals surface area contributed by atoms with Gasteiger partial charge in [0.15, 0.2) is 0 Å². The van der Waals surface area contributed by atoms with Gasteiger partial charge in [-0.1, -0.05) is 6.07 Å². The predicted octanol–water partition coefficient (Wildman–Crippen LogP) is 2.16. The lowest BCUT2D eigenvalue weighted by Gasteiger charge is -2.08. The highest BCUT2D eigenvalue weighted by Gasteiger charge is 2.03. The van der Waals surface area contributed by atoms with E-state index in [1.54, 1.807) is 36.7 Å². The maximum absolute atomic E-state index is 11.9. The fourth-order valence-electron chi connectivity index (χ4n) is 2.04. The second-order valence-electron chi connectivity index (χ2n) is 5.09. The summed E-state index contributed by atoms with van der Waals surface area (Å²) in [7, 11) is 0. The molecule has 0 atom stereocenters. The average molecular weight is 312 g/mol. The SMILES string of the molecule is CC(=O)Nc1cccc(NC(=O)CCNCc2ccncc2)c1. The van der Waals surface area contributed by atoms with E-state index in [9.17, 15) is 9.59 Å². The normalized spacial score (nSPS) is 10.1. The van der Waals surface area contributed by atoms with E-state index in [-0.39, 0.29) is 11.8 Å². The summed E-state index contributed by atoms with van der Waals surface area (Å²) in [5, 5.41) is 8.71. The van der Waals surface area contributed by atoms with Gasteiger partial charge in [-0.3, -0.25) is 14.6 Å². The van der Waals surface area contributed by atoms with Crippen LogP contribution in [0.15, 0.2) is 48.8 Å². The predicted molar refractivity (Wildman–Crippen MR) is 89.9 cm³/mol. The van der Waals surface area contributed by atoms with Crippen LogP contribution in [0.2, 0.25) is 0 Å². The first kappa shape index (κ1) is 16.6. The van der Waals surface area contributed by atoms with E-state index in [4.69, 9.17) is 0 Å². The van der Waals surface area contributed by atoms with E-state index < -0.39 is 0 Å². The first-order valence-electron chi connectivity index (χ1n) is 7.40. The molecule has 6 nitrogen and oxygen atoms in total. The number of carbonyl (C=O) groups is 2. The molecule has 2 amide bonds. The summed E-state index contributed by atoms with van der Waals surface area (Å²) >= 11 is 0. The zero-order valence-corrected chi connectivity index (χ0v) is 13.0. The minimum Gasteiger partial charge on any atom is -0.326 e. The zero-order valence-electron chi connectivity index (χ0n) is 13.0. The second kappa shape index (κ2) is 8.65. The van der Waals surface area contributed by atoms with E-state index >= 15 is 0 Å². The van der Waals surface area contributed by atoms with E-state index in [2.05, 4.69) is 20.9 Å². The molecule has 2 aromatic rings. The van der Waals surface area contributed by atoms with Crippen LogP contribution in [0.1, 0.15) is 18.9 Å². The van der Waals surface area contributed by atoms with Crippen molar-refractivity contribution in [2.24, 2.45) is 0 Å². The lowest BCUT2D eigenvalue weighted by molar-refractivity contribution is -0.116. The number of aromatic nitrogens is 1. The molecular weight excluding hydrogens is 292 g/mol. The second-order valence-corrected chi connectivity index (χ2v) is 5.09. The first-order chi connectivity index (χ1) is 11.1. The molecule has 23 heavy (non-hydrogen) atoms. The summed E-state index contributed by atoms with van der Waals surface area (Å²) in [6, 6.07) is 10.9. The van der Waals surface area contributed by atoms with Gasteiger partial charge in [0.2, 0.25) is 11.8 Å². The van der Waals surface area contributed by atoms with Crippen LogP contribution in [0.3, 0.4) is 0 Å². The Balaban J connectivity index is 1.73. The monoisotopic (exact) mass is 312 g/mol. The van der Waals surface area contributed by atoms with Crippen LogP contribution in [-0.4, -0.2) is 23.3 Å². The zero-order chi connectivity index (χ0) is 16.5. The fourth-order valence-corrected chi connectivity index (χ4v) is 2.04. The van der Waals surface area contributed by atoms with Gasteiger partial charge >= 0.3 is 0 Å². The molecule has 0 bridgehead atoms. The molecule has 0 fully saturated rings. The molecule has 0 unspecified atom stereocenters. The van der Waals surface area contributed by atoms with Crippen LogP contribution in [0.25, 0.3) is 0 Å². The number of amides is 2. The Morgan fingerprint density at radius 3 is 2.43 bits per heavy atom. The van der Waals surface area contributed by atoms with E-state index in [0.29, 0.717) is 30.9 Å². The van der Waals surface area contributed by atoms with Crippen molar-refractivity contribution in [3.8, 4) is 0 Å². The van der Waals surface area contributed by atoms with Crippen LogP contribution >= 0.6 is 0 Å². The average Bonchev–Trinajstić information content (AvgIpc) is 2.52. The van der Waals surface area contributed by atoms with Gasteiger partial charge < -0.3 is 16.0 Å². The molecular formula is C17H20N4O2. The number of anilines is 2. The summed E-state index contributed by atoms with van der Waals surface area (Å²) in [6.07, 6.45) is 3.85. The number of hydrogen-bond acceptors (Lipinski definition) is 4. The van der Waals surface area contributed by atoms with Gasteiger partial charge in [-0.05, 0) is 35.9 Å². The molecule has 0 saturated carbocycles. The Morgan fingerprint density at radius 1 is 1.04 bits per heavy atom. The van der Waals surface area contributed by atoms with E-state index in [0.717, 1.165) is 5.56 Å². The van der Waals surface area contributed by atoms with Gasteiger partial charge in [0.25, 0.3) is 0 Å². The Labute approximate surface area is 135 Å². The van der Waals surface area contributed by atoms with Crippen LogP contribution in [-0.2, 0) is 16.1 Å². The van der Waals surface area contributed by atoms with Crippen molar-refractivity contribution in [2.75, 3.05) is 17.2 Å². The van der Waals surface area contributed by atoms with Crippen LogP contribution in [0.5, 0.6) is 0 Å². The Hall–Kier alpha value is -2.73. The van der Waals surface area contributed by atoms with Crippen molar-refractivity contribution < 1.29 is 9.59 Å². The molecule has 0 aliphatic rings. The van der Waals surface area contributed by atoms with Gasteiger partial charge in [0.1, 0.15) is 0 Å². The van der Waals surface area contributed by atoms with Crippen LogP contribution in [0, 0.1) is 0 Å². The third-order valence-corrected chi connectivity index (χ3v) is 3.07. The molecule has 0 aliphatic heterocycles. The summed E-state index contributed by atoms with van der Waals surface area (Å²) in [5.41, 5.74) is 2.45. The largest absolute Gasteiger partial charge is 0.326 e. The minimum atomic E-state index is -0.145.